The topological polar surface area (TPSA) is 70.0 Å². The van der Waals surface area contributed by atoms with Gasteiger partial charge in [-0.3, -0.25) is 0 Å². The molecule has 0 unspecified atom stereocenters. The molecule has 4 heteroatoms. The molecule has 14 heavy (non-hydrogen) atoms. The molecule has 0 aliphatic carbocycles. The quantitative estimate of drug-likeness (QED) is 0.753. The van der Waals surface area contributed by atoms with Crippen LogP contribution in [0.25, 0.3) is 0 Å². The second-order valence-electron chi connectivity index (χ2n) is 3.13. The van der Waals surface area contributed by atoms with Crippen LogP contribution in [-0.2, 0) is 0 Å². The minimum Gasteiger partial charge on any atom is -0.508 e. The Morgan fingerprint density at radius 3 is 2.86 bits per heavy atom. The van der Waals surface area contributed by atoms with Gasteiger partial charge in [0.15, 0.2) is 0 Å². The van der Waals surface area contributed by atoms with Crippen molar-refractivity contribution in [1.82, 2.24) is 0 Å². The van der Waals surface area contributed by atoms with E-state index in [9.17, 15) is 9.50 Å². The van der Waals surface area contributed by atoms with Gasteiger partial charge in [-0.15, -0.1) is 0 Å². The predicted octanol–water partition coefficient (Wildman–Crippen LogP) is 1.75. The maximum atomic E-state index is 13.1. The molecule has 1 aromatic rings. The highest BCUT2D eigenvalue weighted by Crippen LogP contribution is 2.27. The molecule has 3 N–H and O–H groups in total. The third kappa shape index (κ3) is 2.01. The van der Waals surface area contributed by atoms with E-state index < -0.39 is 11.9 Å². The fourth-order valence-electron chi connectivity index (χ4n) is 1.19. The van der Waals surface area contributed by atoms with E-state index in [1.807, 2.05) is 6.07 Å². The number of nitrogens with two attached hydrogens (primary N) is 1. The van der Waals surface area contributed by atoms with Gasteiger partial charge in [-0.25, -0.2) is 4.39 Å². The van der Waals surface area contributed by atoms with Gasteiger partial charge >= 0.3 is 0 Å². The Morgan fingerprint density at radius 1 is 1.64 bits per heavy atom. The number of benzene rings is 1. The lowest BCUT2D eigenvalue weighted by molar-refractivity contribution is 0.458. The summed E-state index contributed by atoms with van der Waals surface area (Å²) in [6, 6.07) is 3.71. The molecule has 0 radical (unpaired) electrons. The lowest BCUT2D eigenvalue weighted by Crippen LogP contribution is -2.10. The van der Waals surface area contributed by atoms with Crippen molar-refractivity contribution in [1.29, 1.82) is 5.26 Å². The number of hydrogen-bond acceptors (Lipinski definition) is 3. The van der Waals surface area contributed by atoms with Crippen LogP contribution in [-0.4, -0.2) is 5.11 Å². The summed E-state index contributed by atoms with van der Waals surface area (Å²) < 4.78 is 13.1. The fraction of sp³-hybridized carbons (Fsp3) is 0.300. The van der Waals surface area contributed by atoms with E-state index in [0.717, 1.165) is 0 Å². The molecule has 0 saturated heterocycles. The summed E-state index contributed by atoms with van der Waals surface area (Å²) in [5, 5.41) is 17.9. The number of nitrogens with zero attached hydrogens (tertiary/aromatic N) is 1. The maximum Gasteiger partial charge on any atom is 0.126 e. The fourth-order valence-corrected chi connectivity index (χ4v) is 1.19. The molecule has 74 valence electrons. The molecule has 0 aliphatic heterocycles. The first kappa shape index (κ1) is 10.5. The standard InChI is InChI=1S/C10H11FN2O/c1-6-4-10(14)7(5-8(6)11)9(13)2-3-12/h4-5,9,14H,2,13H2,1H3/t9-/m0/s1. The van der Waals surface area contributed by atoms with Crippen molar-refractivity contribution in [3.05, 3.63) is 29.1 Å². The van der Waals surface area contributed by atoms with Gasteiger partial charge < -0.3 is 10.8 Å². The summed E-state index contributed by atoms with van der Waals surface area (Å²) in [6.07, 6.45) is 0.0516. The first-order valence-electron chi connectivity index (χ1n) is 4.17. The van der Waals surface area contributed by atoms with Gasteiger partial charge in [-0.05, 0) is 24.6 Å². The van der Waals surface area contributed by atoms with Crippen molar-refractivity contribution < 1.29 is 9.50 Å². The van der Waals surface area contributed by atoms with Crippen molar-refractivity contribution >= 4 is 0 Å². The van der Waals surface area contributed by atoms with Crippen molar-refractivity contribution in [3.63, 3.8) is 0 Å². The van der Waals surface area contributed by atoms with Crippen molar-refractivity contribution in [2.45, 2.75) is 19.4 Å². The van der Waals surface area contributed by atoms with Gasteiger partial charge in [-0.2, -0.15) is 5.26 Å². The number of rotatable bonds is 2. The molecule has 0 heterocycles. The average molecular weight is 194 g/mol. The van der Waals surface area contributed by atoms with E-state index in [4.69, 9.17) is 11.0 Å². The Labute approximate surface area is 81.6 Å². The van der Waals surface area contributed by atoms with Crippen molar-refractivity contribution in [2.75, 3.05) is 0 Å². The maximum absolute atomic E-state index is 13.1. The largest absolute Gasteiger partial charge is 0.508 e. The highest BCUT2D eigenvalue weighted by molar-refractivity contribution is 5.39. The number of phenols is 1. The Kier molecular flexibility index (Phi) is 3.05. The Balaban J connectivity index is 3.10. The minimum atomic E-state index is -0.643. The number of nitriles is 1. The molecule has 3 nitrogen and oxygen atoms in total. The third-order valence-corrected chi connectivity index (χ3v) is 2.02. The zero-order chi connectivity index (χ0) is 10.7. The average Bonchev–Trinajstić information content (AvgIpc) is 2.11. The van der Waals surface area contributed by atoms with Gasteiger partial charge in [0.2, 0.25) is 0 Å². The smallest absolute Gasteiger partial charge is 0.126 e. The van der Waals surface area contributed by atoms with Crippen LogP contribution in [0, 0.1) is 24.1 Å². The van der Waals surface area contributed by atoms with Gasteiger partial charge in [0, 0.05) is 11.6 Å². The number of halogens is 1. The van der Waals surface area contributed by atoms with Crippen LogP contribution in [0.15, 0.2) is 12.1 Å². The monoisotopic (exact) mass is 194 g/mol. The molecule has 0 fully saturated rings. The summed E-state index contributed by atoms with van der Waals surface area (Å²) >= 11 is 0. The summed E-state index contributed by atoms with van der Waals surface area (Å²) in [5.74, 6) is -0.488. The molecular weight excluding hydrogens is 183 g/mol. The van der Waals surface area contributed by atoms with Gasteiger partial charge in [0.25, 0.3) is 0 Å². The van der Waals surface area contributed by atoms with Crippen LogP contribution in [0.2, 0.25) is 0 Å². The zero-order valence-corrected chi connectivity index (χ0v) is 7.79. The van der Waals surface area contributed by atoms with Crippen LogP contribution >= 0.6 is 0 Å². The number of aryl methyl sites for hydroxylation is 1. The van der Waals surface area contributed by atoms with Crippen LogP contribution in [0.1, 0.15) is 23.6 Å². The molecule has 0 aliphatic rings. The van der Waals surface area contributed by atoms with E-state index in [2.05, 4.69) is 0 Å². The summed E-state index contributed by atoms with van der Waals surface area (Å²) in [6.45, 7) is 1.55. The molecule has 0 spiro atoms. The Morgan fingerprint density at radius 2 is 2.29 bits per heavy atom. The van der Waals surface area contributed by atoms with Crippen LogP contribution in [0.4, 0.5) is 4.39 Å². The molecule has 1 aromatic carbocycles. The molecule has 0 aromatic heterocycles. The SMILES string of the molecule is Cc1cc(O)c([C@@H](N)CC#N)cc1F. The second-order valence-corrected chi connectivity index (χ2v) is 3.13. The highest BCUT2D eigenvalue weighted by Gasteiger charge is 2.13. The van der Waals surface area contributed by atoms with E-state index in [1.54, 1.807) is 6.92 Å². The molecule has 0 saturated carbocycles. The first-order chi connectivity index (χ1) is 6.56. The first-order valence-corrected chi connectivity index (χ1v) is 4.17. The lowest BCUT2D eigenvalue weighted by atomic mass is 10.0. The van der Waals surface area contributed by atoms with Gasteiger partial charge in [-0.1, -0.05) is 0 Å². The van der Waals surface area contributed by atoms with Crippen LogP contribution in [0.3, 0.4) is 0 Å². The van der Waals surface area contributed by atoms with E-state index in [-0.39, 0.29) is 17.7 Å². The predicted molar refractivity (Wildman–Crippen MR) is 50.0 cm³/mol. The third-order valence-electron chi connectivity index (χ3n) is 2.02. The van der Waals surface area contributed by atoms with E-state index >= 15 is 0 Å². The normalized spacial score (nSPS) is 12.1. The minimum absolute atomic E-state index is 0.0516. The summed E-state index contributed by atoms with van der Waals surface area (Å²) in [5.41, 5.74) is 6.21. The highest BCUT2D eigenvalue weighted by atomic mass is 19.1. The Hall–Kier alpha value is -1.60. The number of phenolic OH excluding ortho intramolecular Hbond substituents is 1. The van der Waals surface area contributed by atoms with E-state index in [1.165, 1.54) is 12.1 Å². The van der Waals surface area contributed by atoms with Crippen LogP contribution in [0.5, 0.6) is 5.75 Å². The summed E-state index contributed by atoms with van der Waals surface area (Å²) in [7, 11) is 0. The van der Waals surface area contributed by atoms with Crippen molar-refractivity contribution in [3.8, 4) is 11.8 Å². The van der Waals surface area contributed by atoms with Crippen molar-refractivity contribution in [2.24, 2.45) is 5.73 Å². The van der Waals surface area contributed by atoms with Gasteiger partial charge in [0.05, 0.1) is 12.5 Å². The molecular formula is C10H11FN2O. The lowest BCUT2D eigenvalue weighted by Gasteiger charge is -2.11. The zero-order valence-electron chi connectivity index (χ0n) is 7.79. The molecule has 0 amide bonds. The second kappa shape index (κ2) is 4.07. The van der Waals surface area contributed by atoms with Gasteiger partial charge in [0.1, 0.15) is 11.6 Å². The Bertz CT molecular complexity index is 384. The molecule has 0 bridgehead atoms. The van der Waals surface area contributed by atoms with E-state index in [0.29, 0.717) is 5.56 Å². The molecule has 1 atom stereocenters. The molecule has 1 rings (SSSR count). The summed E-state index contributed by atoms with van der Waals surface area (Å²) in [4.78, 5) is 0. The number of aromatic hydroxyl groups is 1. The van der Waals surface area contributed by atoms with Crippen LogP contribution < -0.4 is 5.73 Å². The number of hydrogen-bond donors (Lipinski definition) is 2.